The zero-order valence-corrected chi connectivity index (χ0v) is 10.9. The molecule has 78 valence electrons. The molecule has 0 aromatic rings. The second kappa shape index (κ2) is 3.82. The van der Waals surface area contributed by atoms with Gasteiger partial charge in [0.05, 0.1) is 8.07 Å². The van der Waals surface area contributed by atoms with Crippen molar-refractivity contribution in [3.8, 4) is 0 Å². The predicted molar refractivity (Wildman–Crippen MR) is 58.6 cm³/mol. The number of hydrogen-bond acceptors (Lipinski definition) is 2. The van der Waals surface area contributed by atoms with Gasteiger partial charge in [0.15, 0.2) is 0 Å². The van der Waals surface area contributed by atoms with Crippen molar-refractivity contribution in [1.29, 1.82) is 0 Å². The van der Waals surface area contributed by atoms with Gasteiger partial charge in [-0.1, -0.05) is 26.6 Å². The van der Waals surface area contributed by atoms with Crippen LogP contribution in [0.25, 0.3) is 0 Å². The lowest BCUT2D eigenvalue weighted by atomic mass is 10.2. The maximum absolute atomic E-state index is 11.6. The van der Waals surface area contributed by atoms with Crippen LogP contribution in [0.5, 0.6) is 0 Å². The Hall–Kier alpha value is -0.313. The van der Waals surface area contributed by atoms with Gasteiger partial charge in [0, 0.05) is 5.54 Å². The number of esters is 1. The van der Waals surface area contributed by atoms with Crippen molar-refractivity contribution in [3.05, 3.63) is 0 Å². The van der Waals surface area contributed by atoms with E-state index in [2.05, 4.69) is 19.6 Å². The lowest BCUT2D eigenvalue weighted by Gasteiger charge is -2.27. The third-order valence-electron chi connectivity index (χ3n) is 2.06. The largest absolute Gasteiger partial charge is 0.460 e. The van der Waals surface area contributed by atoms with Crippen molar-refractivity contribution in [3.63, 3.8) is 0 Å². The Labute approximate surface area is 82.7 Å². The number of carbonyl (C=O) groups excluding carboxylic acids is 1. The Morgan fingerprint density at radius 2 is 1.62 bits per heavy atom. The molecular formula is C10H22O2Si. The van der Waals surface area contributed by atoms with E-state index in [1.165, 1.54) is 0 Å². The molecule has 0 saturated carbocycles. The summed E-state index contributed by atoms with van der Waals surface area (Å²) in [4.78, 5) is 11.6. The molecule has 0 bridgehead atoms. The quantitative estimate of drug-likeness (QED) is 0.508. The van der Waals surface area contributed by atoms with Crippen LogP contribution in [0.3, 0.4) is 0 Å². The van der Waals surface area contributed by atoms with Crippen molar-refractivity contribution in [2.75, 3.05) is 0 Å². The van der Waals surface area contributed by atoms with Crippen LogP contribution in [0.1, 0.15) is 27.7 Å². The van der Waals surface area contributed by atoms with E-state index in [-0.39, 0.29) is 17.1 Å². The highest BCUT2D eigenvalue weighted by Crippen LogP contribution is 2.24. The molecular weight excluding hydrogens is 180 g/mol. The number of carbonyl (C=O) groups is 1. The highest BCUT2D eigenvalue weighted by Gasteiger charge is 2.32. The van der Waals surface area contributed by atoms with E-state index >= 15 is 0 Å². The fourth-order valence-electron chi connectivity index (χ4n) is 0.744. The van der Waals surface area contributed by atoms with Crippen molar-refractivity contribution >= 4 is 14.0 Å². The molecule has 2 nitrogen and oxygen atoms in total. The minimum Gasteiger partial charge on any atom is -0.460 e. The summed E-state index contributed by atoms with van der Waals surface area (Å²) in [5, 5.41) is 0. The summed E-state index contributed by atoms with van der Waals surface area (Å²) in [6, 6.07) is 0. The molecule has 3 heteroatoms. The van der Waals surface area contributed by atoms with Crippen LogP contribution in [0.4, 0.5) is 0 Å². The summed E-state index contributed by atoms with van der Waals surface area (Å²) in [5.41, 5.74) is -0.280. The van der Waals surface area contributed by atoms with Gasteiger partial charge in [0.1, 0.15) is 5.60 Å². The Morgan fingerprint density at radius 1 is 1.23 bits per heavy atom. The van der Waals surface area contributed by atoms with E-state index in [1.54, 1.807) is 0 Å². The molecule has 0 fully saturated rings. The first-order chi connectivity index (χ1) is 5.54. The molecule has 0 aromatic heterocycles. The first kappa shape index (κ1) is 12.7. The van der Waals surface area contributed by atoms with Gasteiger partial charge in [-0.15, -0.1) is 0 Å². The van der Waals surface area contributed by atoms with Gasteiger partial charge in [-0.25, -0.2) is 0 Å². The maximum atomic E-state index is 11.6. The van der Waals surface area contributed by atoms with Crippen LogP contribution in [0.2, 0.25) is 25.2 Å². The summed E-state index contributed by atoms with van der Waals surface area (Å²) >= 11 is 0. The van der Waals surface area contributed by atoms with Crippen LogP contribution < -0.4 is 0 Å². The monoisotopic (exact) mass is 202 g/mol. The molecule has 0 N–H and O–H groups in total. The normalized spacial score (nSPS) is 15.3. The van der Waals surface area contributed by atoms with Crippen LogP contribution in [0.15, 0.2) is 0 Å². The van der Waals surface area contributed by atoms with Gasteiger partial charge >= 0.3 is 5.97 Å². The molecule has 1 atom stereocenters. The minimum absolute atomic E-state index is 0.0494. The first-order valence-corrected chi connectivity index (χ1v) is 8.34. The lowest BCUT2D eigenvalue weighted by molar-refractivity contribution is -0.154. The SMILES string of the molecule is CC(C(=O)OC(C)(C)C)[Si](C)(C)C. The standard InChI is InChI=1S/C10H22O2Si/c1-8(13(5,6)7)9(11)12-10(2,3)4/h8H,1-7H3. The smallest absolute Gasteiger partial charge is 0.306 e. The number of ether oxygens (including phenoxy) is 1. The van der Waals surface area contributed by atoms with Crippen molar-refractivity contribution in [2.24, 2.45) is 0 Å². The molecule has 0 aliphatic rings. The van der Waals surface area contributed by atoms with Crippen LogP contribution in [-0.2, 0) is 9.53 Å². The maximum Gasteiger partial charge on any atom is 0.306 e. The third-order valence-corrected chi connectivity index (χ3v) is 4.89. The fourth-order valence-corrected chi connectivity index (χ4v) is 1.51. The van der Waals surface area contributed by atoms with E-state index in [1.807, 2.05) is 27.7 Å². The number of hydrogen-bond donors (Lipinski definition) is 0. The summed E-state index contributed by atoms with van der Waals surface area (Å²) in [6.07, 6.45) is 0. The summed E-state index contributed by atoms with van der Waals surface area (Å²) in [5.74, 6) is -0.0494. The van der Waals surface area contributed by atoms with Gasteiger partial charge in [-0.3, -0.25) is 4.79 Å². The Kier molecular flexibility index (Phi) is 3.73. The molecule has 0 spiro atoms. The highest BCUT2D eigenvalue weighted by atomic mass is 28.3. The molecule has 0 radical (unpaired) electrons. The van der Waals surface area contributed by atoms with Crippen LogP contribution >= 0.6 is 0 Å². The van der Waals surface area contributed by atoms with Gasteiger partial charge < -0.3 is 4.74 Å². The fraction of sp³-hybridized carbons (Fsp3) is 0.900. The molecule has 13 heavy (non-hydrogen) atoms. The Balaban J connectivity index is 4.30. The second-order valence-corrected chi connectivity index (χ2v) is 11.2. The van der Waals surface area contributed by atoms with E-state index < -0.39 is 8.07 Å². The molecule has 1 unspecified atom stereocenters. The lowest BCUT2D eigenvalue weighted by Crippen LogP contribution is -2.36. The minimum atomic E-state index is -1.40. The zero-order chi connectivity index (χ0) is 10.9. The highest BCUT2D eigenvalue weighted by molar-refractivity contribution is 6.80. The molecule has 0 saturated heterocycles. The third kappa shape index (κ3) is 5.08. The van der Waals surface area contributed by atoms with Gasteiger partial charge in [0.25, 0.3) is 0 Å². The molecule has 0 rings (SSSR count). The molecule has 0 amide bonds. The molecule has 0 aliphatic carbocycles. The average molecular weight is 202 g/mol. The number of rotatable bonds is 2. The van der Waals surface area contributed by atoms with Crippen LogP contribution in [-0.4, -0.2) is 19.6 Å². The van der Waals surface area contributed by atoms with Gasteiger partial charge in [-0.05, 0) is 20.8 Å². The van der Waals surface area contributed by atoms with Gasteiger partial charge in [-0.2, -0.15) is 0 Å². The van der Waals surface area contributed by atoms with Crippen molar-refractivity contribution < 1.29 is 9.53 Å². The molecule has 0 aromatic carbocycles. The summed E-state index contributed by atoms with van der Waals surface area (Å²) in [6.45, 7) is 14.2. The van der Waals surface area contributed by atoms with E-state index in [9.17, 15) is 4.79 Å². The van der Waals surface area contributed by atoms with E-state index in [0.717, 1.165) is 0 Å². The van der Waals surface area contributed by atoms with Gasteiger partial charge in [0.2, 0.25) is 0 Å². The summed E-state index contributed by atoms with van der Waals surface area (Å²) < 4.78 is 5.32. The summed E-state index contributed by atoms with van der Waals surface area (Å²) in [7, 11) is -1.40. The Morgan fingerprint density at radius 3 is 1.85 bits per heavy atom. The van der Waals surface area contributed by atoms with Crippen molar-refractivity contribution in [1.82, 2.24) is 0 Å². The van der Waals surface area contributed by atoms with E-state index in [4.69, 9.17) is 4.74 Å². The average Bonchev–Trinajstić information content (AvgIpc) is 1.79. The molecule has 0 heterocycles. The topological polar surface area (TPSA) is 26.3 Å². The predicted octanol–water partition coefficient (Wildman–Crippen LogP) is 3.06. The first-order valence-electron chi connectivity index (χ1n) is 4.77. The van der Waals surface area contributed by atoms with Crippen LogP contribution in [0, 0.1) is 0 Å². The van der Waals surface area contributed by atoms with E-state index in [0.29, 0.717) is 0 Å². The second-order valence-electron chi connectivity index (χ2n) is 5.62. The van der Waals surface area contributed by atoms with Crippen molar-refractivity contribution in [2.45, 2.75) is 58.5 Å². The molecule has 0 aliphatic heterocycles. The zero-order valence-electron chi connectivity index (χ0n) is 9.89. The Bertz CT molecular complexity index is 186.